The summed E-state index contributed by atoms with van der Waals surface area (Å²) in [7, 11) is 4.03. The number of carbonyl (C=O) groups is 1. The predicted octanol–water partition coefficient (Wildman–Crippen LogP) is 0.988. The summed E-state index contributed by atoms with van der Waals surface area (Å²) in [4.78, 5) is 15.5. The van der Waals surface area contributed by atoms with Gasteiger partial charge in [0.1, 0.15) is 0 Å². The number of hydrogen-bond donors (Lipinski definition) is 1. The maximum atomic E-state index is 11.6. The molecule has 0 aromatic rings. The molecule has 1 N–H and O–H groups in total. The van der Waals surface area contributed by atoms with Crippen molar-refractivity contribution in [2.75, 3.05) is 33.7 Å². The van der Waals surface area contributed by atoms with Crippen LogP contribution in [0.25, 0.3) is 0 Å². The van der Waals surface area contributed by atoms with Gasteiger partial charge in [-0.2, -0.15) is 0 Å². The van der Waals surface area contributed by atoms with Crippen molar-refractivity contribution in [2.24, 2.45) is 0 Å². The van der Waals surface area contributed by atoms with Gasteiger partial charge in [-0.3, -0.25) is 0 Å². The van der Waals surface area contributed by atoms with Crippen LogP contribution < -0.4 is 5.32 Å². The molecule has 0 saturated carbocycles. The number of hydrogen-bond acceptors (Lipinski definition) is 2. The zero-order chi connectivity index (χ0) is 11.1. The van der Waals surface area contributed by atoms with Crippen LogP contribution in [-0.2, 0) is 0 Å². The number of rotatable bonds is 5. The zero-order valence-corrected chi connectivity index (χ0v) is 10.0. The summed E-state index contributed by atoms with van der Waals surface area (Å²) in [6.07, 6.45) is 0. The third-order valence-corrected chi connectivity index (χ3v) is 2.09. The largest absolute Gasteiger partial charge is 0.338 e. The van der Waals surface area contributed by atoms with Crippen LogP contribution in [0.4, 0.5) is 4.79 Å². The van der Waals surface area contributed by atoms with E-state index in [0.717, 1.165) is 13.1 Å². The standard InChI is InChI=1S/C10H23N3O/c1-6-11-10(14)13(7-2)9(3)8-12(4)5/h9H,6-8H2,1-5H3,(H,11,14). The lowest BCUT2D eigenvalue weighted by Crippen LogP contribution is -2.48. The molecule has 0 fully saturated rings. The average molecular weight is 201 g/mol. The number of nitrogens with zero attached hydrogens (tertiary/aromatic N) is 2. The Morgan fingerprint density at radius 2 is 1.93 bits per heavy atom. The first-order chi connectivity index (χ1) is 6.52. The molecule has 0 rings (SSSR count). The van der Waals surface area contributed by atoms with Gasteiger partial charge in [-0.1, -0.05) is 0 Å². The Hall–Kier alpha value is -0.770. The monoisotopic (exact) mass is 201 g/mol. The maximum absolute atomic E-state index is 11.6. The molecule has 4 heteroatoms. The summed E-state index contributed by atoms with van der Waals surface area (Å²) < 4.78 is 0. The molecule has 0 aromatic heterocycles. The molecule has 4 nitrogen and oxygen atoms in total. The minimum absolute atomic E-state index is 0.0318. The van der Waals surface area contributed by atoms with Crippen LogP contribution in [0.5, 0.6) is 0 Å². The Morgan fingerprint density at radius 3 is 2.29 bits per heavy atom. The second-order valence-electron chi connectivity index (χ2n) is 3.73. The smallest absolute Gasteiger partial charge is 0.317 e. The molecule has 0 aliphatic carbocycles. The molecule has 0 saturated heterocycles. The number of urea groups is 1. The molecule has 0 spiro atoms. The van der Waals surface area contributed by atoms with Crippen molar-refractivity contribution in [1.29, 1.82) is 0 Å². The molecule has 0 bridgehead atoms. The SMILES string of the molecule is CCNC(=O)N(CC)C(C)CN(C)C. The zero-order valence-electron chi connectivity index (χ0n) is 10.0. The summed E-state index contributed by atoms with van der Waals surface area (Å²) in [5.74, 6) is 0. The van der Waals surface area contributed by atoms with E-state index in [1.807, 2.05) is 32.8 Å². The van der Waals surface area contributed by atoms with Gasteiger partial charge in [0.05, 0.1) is 0 Å². The molecule has 0 radical (unpaired) electrons. The number of amides is 2. The molecule has 0 heterocycles. The van der Waals surface area contributed by atoms with Crippen molar-refractivity contribution in [3.63, 3.8) is 0 Å². The summed E-state index contributed by atoms with van der Waals surface area (Å²) in [6, 6.07) is 0.283. The fourth-order valence-electron chi connectivity index (χ4n) is 1.54. The van der Waals surface area contributed by atoms with Crippen LogP contribution in [0, 0.1) is 0 Å². The molecule has 0 aliphatic rings. The second-order valence-corrected chi connectivity index (χ2v) is 3.73. The van der Waals surface area contributed by atoms with E-state index in [2.05, 4.69) is 17.1 Å². The van der Waals surface area contributed by atoms with Crippen molar-refractivity contribution in [1.82, 2.24) is 15.1 Å². The quantitative estimate of drug-likeness (QED) is 0.720. The topological polar surface area (TPSA) is 35.6 Å². The van der Waals surface area contributed by atoms with E-state index >= 15 is 0 Å². The fourth-order valence-corrected chi connectivity index (χ4v) is 1.54. The molecule has 0 aliphatic heterocycles. The molecular weight excluding hydrogens is 178 g/mol. The predicted molar refractivity (Wildman–Crippen MR) is 59.5 cm³/mol. The Kier molecular flexibility index (Phi) is 6.28. The molecule has 14 heavy (non-hydrogen) atoms. The Morgan fingerprint density at radius 1 is 1.36 bits per heavy atom. The fraction of sp³-hybridized carbons (Fsp3) is 0.900. The van der Waals surface area contributed by atoms with Gasteiger partial charge in [0.25, 0.3) is 0 Å². The molecule has 2 amide bonds. The van der Waals surface area contributed by atoms with Gasteiger partial charge < -0.3 is 15.1 Å². The highest BCUT2D eigenvalue weighted by Gasteiger charge is 2.17. The average Bonchev–Trinajstić information content (AvgIpc) is 2.04. The maximum Gasteiger partial charge on any atom is 0.317 e. The van der Waals surface area contributed by atoms with Crippen molar-refractivity contribution in [3.8, 4) is 0 Å². The highest BCUT2D eigenvalue weighted by Crippen LogP contribution is 2.00. The first-order valence-electron chi connectivity index (χ1n) is 5.22. The van der Waals surface area contributed by atoms with E-state index in [-0.39, 0.29) is 12.1 Å². The minimum atomic E-state index is 0.0318. The van der Waals surface area contributed by atoms with Crippen LogP contribution in [0.2, 0.25) is 0 Å². The third kappa shape index (κ3) is 4.46. The molecule has 1 unspecified atom stereocenters. The van der Waals surface area contributed by atoms with Crippen molar-refractivity contribution >= 4 is 6.03 Å². The lowest BCUT2D eigenvalue weighted by atomic mass is 10.3. The Labute approximate surface area is 87.3 Å². The highest BCUT2D eigenvalue weighted by molar-refractivity contribution is 5.74. The summed E-state index contributed by atoms with van der Waals surface area (Å²) in [6.45, 7) is 8.33. The lowest BCUT2D eigenvalue weighted by Gasteiger charge is -2.29. The van der Waals surface area contributed by atoms with Crippen LogP contribution in [0.3, 0.4) is 0 Å². The van der Waals surface area contributed by atoms with E-state index in [1.54, 1.807) is 0 Å². The summed E-state index contributed by atoms with van der Waals surface area (Å²) in [5.41, 5.74) is 0. The van der Waals surface area contributed by atoms with Gasteiger partial charge in [-0.25, -0.2) is 4.79 Å². The number of carbonyl (C=O) groups excluding carboxylic acids is 1. The lowest BCUT2D eigenvalue weighted by molar-refractivity contribution is 0.169. The first kappa shape index (κ1) is 13.2. The van der Waals surface area contributed by atoms with E-state index in [4.69, 9.17) is 0 Å². The first-order valence-corrected chi connectivity index (χ1v) is 5.22. The van der Waals surface area contributed by atoms with Gasteiger partial charge in [-0.15, -0.1) is 0 Å². The number of nitrogens with one attached hydrogen (secondary N) is 1. The van der Waals surface area contributed by atoms with Crippen molar-refractivity contribution in [3.05, 3.63) is 0 Å². The van der Waals surface area contributed by atoms with E-state index in [0.29, 0.717) is 6.54 Å². The molecule has 84 valence electrons. The van der Waals surface area contributed by atoms with Gasteiger partial charge in [0.15, 0.2) is 0 Å². The Bertz CT molecular complexity index is 171. The van der Waals surface area contributed by atoms with Gasteiger partial charge >= 0.3 is 6.03 Å². The van der Waals surface area contributed by atoms with E-state index in [9.17, 15) is 4.79 Å². The second kappa shape index (κ2) is 6.65. The third-order valence-electron chi connectivity index (χ3n) is 2.09. The Balaban J connectivity index is 4.17. The van der Waals surface area contributed by atoms with Crippen LogP contribution in [-0.4, -0.2) is 55.6 Å². The van der Waals surface area contributed by atoms with Gasteiger partial charge in [0.2, 0.25) is 0 Å². The molecular formula is C10H23N3O. The van der Waals surface area contributed by atoms with Gasteiger partial charge in [-0.05, 0) is 34.9 Å². The molecule has 1 atom stereocenters. The highest BCUT2D eigenvalue weighted by atomic mass is 16.2. The van der Waals surface area contributed by atoms with Crippen molar-refractivity contribution < 1.29 is 4.79 Å². The van der Waals surface area contributed by atoms with Gasteiger partial charge in [0, 0.05) is 25.7 Å². The van der Waals surface area contributed by atoms with Crippen LogP contribution in [0.1, 0.15) is 20.8 Å². The van der Waals surface area contributed by atoms with Crippen LogP contribution >= 0.6 is 0 Å². The van der Waals surface area contributed by atoms with E-state index in [1.165, 1.54) is 0 Å². The number of likely N-dealkylation sites (N-methyl/N-ethyl adjacent to an activating group) is 2. The molecule has 0 aromatic carbocycles. The summed E-state index contributed by atoms with van der Waals surface area (Å²) >= 11 is 0. The summed E-state index contributed by atoms with van der Waals surface area (Å²) in [5, 5.41) is 2.82. The van der Waals surface area contributed by atoms with E-state index < -0.39 is 0 Å². The normalized spacial score (nSPS) is 12.7. The van der Waals surface area contributed by atoms with Crippen molar-refractivity contribution in [2.45, 2.75) is 26.8 Å². The minimum Gasteiger partial charge on any atom is -0.338 e. The van der Waals surface area contributed by atoms with Crippen LogP contribution in [0.15, 0.2) is 0 Å².